The summed E-state index contributed by atoms with van der Waals surface area (Å²) in [7, 11) is 0. The molecule has 5 amide bonds. The summed E-state index contributed by atoms with van der Waals surface area (Å²) >= 11 is 0. The van der Waals surface area contributed by atoms with Gasteiger partial charge >= 0.3 is 0 Å². The van der Waals surface area contributed by atoms with Crippen molar-refractivity contribution in [3.8, 4) is 0 Å². The lowest BCUT2D eigenvalue weighted by Gasteiger charge is -2.49. The summed E-state index contributed by atoms with van der Waals surface area (Å²) in [6.45, 7) is 3.26. The maximum absolute atomic E-state index is 13.0. The number of piperidine rings is 1. The third-order valence-corrected chi connectivity index (χ3v) is 6.65. The maximum Gasteiger partial charge on any atom is 0.262 e. The van der Waals surface area contributed by atoms with Crippen molar-refractivity contribution in [1.82, 2.24) is 25.8 Å². The molecule has 10 nitrogen and oxygen atoms in total. The monoisotopic (exact) mass is 425 g/mol. The highest BCUT2D eigenvalue weighted by molar-refractivity contribution is 6.23. The van der Waals surface area contributed by atoms with Crippen LogP contribution in [0.1, 0.15) is 45.5 Å². The smallest absolute Gasteiger partial charge is 0.262 e. The molecule has 0 aromatic heterocycles. The molecule has 4 heterocycles. The molecule has 3 N–H and O–H groups in total. The number of hydrogen-bond acceptors (Lipinski definition) is 7. The Hall–Kier alpha value is -3.11. The van der Waals surface area contributed by atoms with Crippen LogP contribution in [0.3, 0.4) is 0 Å². The van der Waals surface area contributed by atoms with Crippen LogP contribution in [0.15, 0.2) is 18.2 Å². The standard InChI is InChI=1S/C21H23N5O5/c27-16-4-3-15(18(29)24-16)26-19(30)13-2-1-12(7-14(13)20(26)31)9-25-6-5-23-17(28)8-21(25)10-22-11-21/h1-2,7,15,22H,3-6,8-11H2,(H,23,28)(H,24,27,29). The van der Waals surface area contributed by atoms with E-state index in [1.807, 2.05) is 6.07 Å². The van der Waals surface area contributed by atoms with Crippen molar-refractivity contribution in [2.75, 3.05) is 26.2 Å². The number of amides is 5. The summed E-state index contributed by atoms with van der Waals surface area (Å²) in [5.74, 6) is -2.00. The molecule has 5 rings (SSSR count). The zero-order valence-electron chi connectivity index (χ0n) is 16.9. The molecule has 31 heavy (non-hydrogen) atoms. The molecule has 1 unspecified atom stereocenters. The van der Waals surface area contributed by atoms with Gasteiger partial charge in [-0.1, -0.05) is 6.07 Å². The first-order valence-corrected chi connectivity index (χ1v) is 10.4. The van der Waals surface area contributed by atoms with Crippen molar-refractivity contribution in [2.24, 2.45) is 0 Å². The van der Waals surface area contributed by atoms with E-state index in [4.69, 9.17) is 0 Å². The van der Waals surface area contributed by atoms with E-state index in [0.717, 1.165) is 23.6 Å². The summed E-state index contributed by atoms with van der Waals surface area (Å²) in [5, 5.41) is 8.36. The zero-order valence-corrected chi connectivity index (χ0v) is 16.9. The van der Waals surface area contributed by atoms with Crippen molar-refractivity contribution < 1.29 is 24.0 Å². The molecule has 1 atom stereocenters. The van der Waals surface area contributed by atoms with Gasteiger partial charge < -0.3 is 10.6 Å². The molecule has 4 aliphatic rings. The number of carbonyl (C=O) groups excluding carboxylic acids is 5. The molecule has 3 fully saturated rings. The fourth-order valence-corrected chi connectivity index (χ4v) is 4.89. The van der Waals surface area contributed by atoms with E-state index in [0.29, 0.717) is 26.1 Å². The van der Waals surface area contributed by atoms with E-state index in [-0.39, 0.29) is 35.4 Å². The SMILES string of the molecule is O=C1CC2(CNC2)N(Cc2ccc3c(c2)C(=O)N(C2CCC(=O)NC2=O)C3=O)CCN1. The quantitative estimate of drug-likeness (QED) is 0.517. The van der Waals surface area contributed by atoms with Crippen LogP contribution in [-0.4, -0.2) is 77.1 Å². The first kappa shape index (κ1) is 19.8. The van der Waals surface area contributed by atoms with Crippen LogP contribution in [0.4, 0.5) is 0 Å². The van der Waals surface area contributed by atoms with Crippen molar-refractivity contribution in [2.45, 2.75) is 37.4 Å². The van der Waals surface area contributed by atoms with E-state index in [1.165, 1.54) is 0 Å². The van der Waals surface area contributed by atoms with Crippen molar-refractivity contribution in [3.63, 3.8) is 0 Å². The van der Waals surface area contributed by atoms with E-state index >= 15 is 0 Å². The molecule has 1 spiro atoms. The number of imide groups is 2. The van der Waals surface area contributed by atoms with Crippen molar-refractivity contribution >= 4 is 29.5 Å². The minimum absolute atomic E-state index is 0.0404. The normalized spacial score (nSPS) is 25.7. The van der Waals surface area contributed by atoms with Gasteiger partial charge in [0, 0.05) is 45.6 Å². The Morgan fingerprint density at radius 3 is 2.48 bits per heavy atom. The summed E-state index contributed by atoms with van der Waals surface area (Å²) in [4.78, 5) is 64.8. The average molecular weight is 425 g/mol. The van der Waals surface area contributed by atoms with Crippen molar-refractivity contribution in [3.05, 3.63) is 34.9 Å². The van der Waals surface area contributed by atoms with Gasteiger partial charge in [-0.2, -0.15) is 0 Å². The third-order valence-electron chi connectivity index (χ3n) is 6.65. The molecule has 3 saturated heterocycles. The van der Waals surface area contributed by atoms with E-state index in [9.17, 15) is 24.0 Å². The number of carbonyl (C=O) groups is 5. The van der Waals surface area contributed by atoms with Gasteiger partial charge in [-0.25, -0.2) is 0 Å². The minimum Gasteiger partial charge on any atom is -0.355 e. The number of fused-ring (bicyclic) bond motifs is 1. The number of benzene rings is 1. The van der Waals surface area contributed by atoms with Crippen LogP contribution in [-0.2, 0) is 20.9 Å². The topological polar surface area (TPSA) is 128 Å². The first-order chi connectivity index (χ1) is 14.9. The summed E-state index contributed by atoms with van der Waals surface area (Å²) in [6.07, 6.45) is 0.645. The molecule has 1 aromatic rings. The third kappa shape index (κ3) is 3.22. The highest BCUT2D eigenvalue weighted by Gasteiger charge is 2.46. The second kappa shape index (κ2) is 7.24. The number of nitrogens with one attached hydrogen (secondary N) is 3. The number of hydrogen-bond donors (Lipinski definition) is 3. The lowest BCUT2D eigenvalue weighted by Crippen LogP contribution is -2.69. The molecule has 0 aliphatic carbocycles. The Kier molecular flexibility index (Phi) is 4.63. The molecule has 1 aromatic carbocycles. The van der Waals surface area contributed by atoms with Crippen LogP contribution in [0, 0.1) is 0 Å². The Labute approximate surface area is 178 Å². The van der Waals surface area contributed by atoms with E-state index < -0.39 is 29.7 Å². The first-order valence-electron chi connectivity index (χ1n) is 10.4. The Morgan fingerprint density at radius 1 is 1.00 bits per heavy atom. The molecule has 4 aliphatic heterocycles. The highest BCUT2D eigenvalue weighted by Crippen LogP contribution is 2.31. The van der Waals surface area contributed by atoms with Crippen LogP contribution >= 0.6 is 0 Å². The van der Waals surface area contributed by atoms with Crippen LogP contribution < -0.4 is 16.0 Å². The van der Waals surface area contributed by atoms with Gasteiger partial charge in [0.2, 0.25) is 17.7 Å². The van der Waals surface area contributed by atoms with Crippen LogP contribution in [0.2, 0.25) is 0 Å². The second-order valence-corrected chi connectivity index (χ2v) is 8.60. The Morgan fingerprint density at radius 2 is 1.77 bits per heavy atom. The molecule has 10 heteroatoms. The van der Waals surface area contributed by atoms with Gasteiger partial charge in [-0.3, -0.25) is 39.1 Å². The van der Waals surface area contributed by atoms with Gasteiger partial charge in [0.1, 0.15) is 6.04 Å². The number of nitrogens with zero attached hydrogens (tertiary/aromatic N) is 2. The van der Waals surface area contributed by atoms with E-state index in [2.05, 4.69) is 20.9 Å². The minimum atomic E-state index is -0.972. The lowest BCUT2D eigenvalue weighted by molar-refractivity contribution is -0.136. The summed E-state index contributed by atoms with van der Waals surface area (Å²) in [6, 6.07) is 4.18. The van der Waals surface area contributed by atoms with Crippen LogP contribution in [0.5, 0.6) is 0 Å². The van der Waals surface area contributed by atoms with Crippen LogP contribution in [0.25, 0.3) is 0 Å². The molecular formula is C21H23N5O5. The van der Waals surface area contributed by atoms with Gasteiger partial charge in [0.05, 0.1) is 16.7 Å². The predicted octanol–water partition coefficient (Wildman–Crippen LogP) is -1.25. The molecule has 0 saturated carbocycles. The fourth-order valence-electron chi connectivity index (χ4n) is 4.89. The molecule has 0 bridgehead atoms. The number of rotatable bonds is 3. The van der Waals surface area contributed by atoms with Gasteiger partial charge in [0.15, 0.2) is 0 Å². The fraction of sp³-hybridized carbons (Fsp3) is 0.476. The Balaban J connectivity index is 1.39. The molecule has 162 valence electrons. The van der Waals surface area contributed by atoms with Gasteiger partial charge in [-0.05, 0) is 24.1 Å². The maximum atomic E-state index is 13.0. The van der Waals surface area contributed by atoms with Gasteiger partial charge in [-0.15, -0.1) is 0 Å². The largest absolute Gasteiger partial charge is 0.355 e. The highest BCUT2D eigenvalue weighted by atomic mass is 16.2. The summed E-state index contributed by atoms with van der Waals surface area (Å²) < 4.78 is 0. The zero-order chi connectivity index (χ0) is 21.8. The lowest BCUT2D eigenvalue weighted by atomic mass is 9.86. The summed E-state index contributed by atoms with van der Waals surface area (Å²) in [5.41, 5.74) is 1.17. The molecular weight excluding hydrogens is 402 g/mol. The second-order valence-electron chi connectivity index (χ2n) is 8.60. The van der Waals surface area contributed by atoms with Gasteiger partial charge in [0.25, 0.3) is 11.8 Å². The molecule has 0 radical (unpaired) electrons. The van der Waals surface area contributed by atoms with E-state index in [1.54, 1.807) is 12.1 Å². The van der Waals surface area contributed by atoms with Crippen molar-refractivity contribution in [1.29, 1.82) is 0 Å². The Bertz CT molecular complexity index is 1020. The average Bonchev–Trinajstić information content (AvgIpc) is 2.84. The predicted molar refractivity (Wildman–Crippen MR) is 107 cm³/mol.